The number of rotatable bonds is 2. The first-order valence-electron chi connectivity index (χ1n) is 3.77. The fourth-order valence-electron chi connectivity index (χ4n) is 1.02. The van der Waals surface area contributed by atoms with Gasteiger partial charge in [-0.05, 0) is 12.1 Å². The van der Waals surface area contributed by atoms with Crippen LogP contribution in [0.15, 0.2) is 22.7 Å². The summed E-state index contributed by atoms with van der Waals surface area (Å²) in [6.07, 6.45) is -2.78. The van der Waals surface area contributed by atoms with Crippen LogP contribution < -0.4 is 0 Å². The van der Waals surface area contributed by atoms with Gasteiger partial charge in [0.25, 0.3) is 0 Å². The molecule has 74 valence electrons. The van der Waals surface area contributed by atoms with Gasteiger partial charge in [-0.1, -0.05) is 33.6 Å². The van der Waals surface area contributed by atoms with Crippen molar-refractivity contribution in [1.82, 2.24) is 0 Å². The number of hydrogen-bond donors (Lipinski definition) is 2. The van der Waals surface area contributed by atoms with Crippen LogP contribution in [0, 0.1) is 11.3 Å². The molecule has 3 nitrogen and oxygen atoms in total. The SMILES string of the molecule is N#CC(O)C(O)c1c(Cl)cccc1Br. The molecule has 0 aliphatic carbocycles. The Bertz CT molecular complexity index is 357. The van der Waals surface area contributed by atoms with Gasteiger partial charge in [0, 0.05) is 15.1 Å². The summed E-state index contributed by atoms with van der Waals surface area (Å²) in [5.41, 5.74) is 0.322. The molecule has 0 saturated heterocycles. The molecule has 2 atom stereocenters. The van der Waals surface area contributed by atoms with Crippen molar-refractivity contribution >= 4 is 27.5 Å². The molecule has 1 aromatic carbocycles. The molecule has 2 unspecified atom stereocenters. The van der Waals surface area contributed by atoms with Gasteiger partial charge in [-0.15, -0.1) is 0 Å². The summed E-state index contributed by atoms with van der Waals surface area (Å²) in [7, 11) is 0. The molecule has 0 heterocycles. The molecule has 5 heteroatoms. The molecule has 0 fully saturated rings. The van der Waals surface area contributed by atoms with Gasteiger partial charge in [0.2, 0.25) is 0 Å². The highest BCUT2D eigenvalue weighted by molar-refractivity contribution is 9.10. The van der Waals surface area contributed by atoms with Crippen LogP contribution in [0.3, 0.4) is 0 Å². The third kappa shape index (κ3) is 2.25. The predicted molar refractivity (Wildman–Crippen MR) is 55.7 cm³/mol. The van der Waals surface area contributed by atoms with E-state index >= 15 is 0 Å². The number of aliphatic hydroxyl groups excluding tert-OH is 2. The molecule has 0 aliphatic rings. The molecule has 0 spiro atoms. The van der Waals surface area contributed by atoms with E-state index in [-0.39, 0.29) is 0 Å². The third-order valence-corrected chi connectivity index (χ3v) is 2.75. The fraction of sp³-hybridized carbons (Fsp3) is 0.222. The van der Waals surface area contributed by atoms with Crippen molar-refractivity contribution in [2.75, 3.05) is 0 Å². The van der Waals surface area contributed by atoms with Crippen molar-refractivity contribution in [3.63, 3.8) is 0 Å². The number of nitrogens with zero attached hydrogens (tertiary/aromatic N) is 1. The highest BCUT2D eigenvalue weighted by atomic mass is 79.9. The number of benzene rings is 1. The molecule has 0 amide bonds. The van der Waals surface area contributed by atoms with Crippen LogP contribution in [-0.2, 0) is 0 Å². The summed E-state index contributed by atoms with van der Waals surface area (Å²) in [4.78, 5) is 0. The highest BCUT2D eigenvalue weighted by Crippen LogP contribution is 2.31. The van der Waals surface area contributed by atoms with Gasteiger partial charge in [0.05, 0.1) is 6.07 Å². The van der Waals surface area contributed by atoms with E-state index in [1.807, 2.05) is 0 Å². The number of nitriles is 1. The van der Waals surface area contributed by atoms with Gasteiger partial charge >= 0.3 is 0 Å². The summed E-state index contributed by atoms with van der Waals surface area (Å²) >= 11 is 9.00. The van der Waals surface area contributed by atoms with Crippen LogP contribution in [0.1, 0.15) is 11.7 Å². The van der Waals surface area contributed by atoms with Crippen molar-refractivity contribution < 1.29 is 10.2 Å². The Morgan fingerprint density at radius 2 is 2.07 bits per heavy atom. The monoisotopic (exact) mass is 275 g/mol. The predicted octanol–water partition coefficient (Wildman–Crippen LogP) is 2.02. The van der Waals surface area contributed by atoms with Crippen LogP contribution in [0.4, 0.5) is 0 Å². The van der Waals surface area contributed by atoms with Gasteiger partial charge in [0.1, 0.15) is 6.10 Å². The van der Waals surface area contributed by atoms with E-state index in [4.69, 9.17) is 22.0 Å². The molecular formula is C9H7BrClNO2. The fourth-order valence-corrected chi connectivity index (χ4v) is 2.02. The summed E-state index contributed by atoms with van der Waals surface area (Å²) in [5.74, 6) is 0. The quantitative estimate of drug-likeness (QED) is 0.812. The number of hydrogen-bond acceptors (Lipinski definition) is 3. The maximum Gasteiger partial charge on any atom is 0.170 e. The largest absolute Gasteiger partial charge is 0.384 e. The number of halogens is 2. The van der Waals surface area contributed by atoms with Crippen molar-refractivity contribution in [2.45, 2.75) is 12.2 Å². The van der Waals surface area contributed by atoms with E-state index < -0.39 is 12.2 Å². The molecule has 0 saturated carbocycles. The Morgan fingerprint density at radius 3 is 2.57 bits per heavy atom. The normalized spacial score (nSPS) is 14.5. The summed E-state index contributed by atoms with van der Waals surface area (Å²) in [6, 6.07) is 6.49. The Kier molecular flexibility index (Phi) is 3.90. The first-order chi connectivity index (χ1) is 6.57. The van der Waals surface area contributed by atoms with Crippen molar-refractivity contribution in [1.29, 1.82) is 5.26 Å². The van der Waals surface area contributed by atoms with Crippen LogP contribution in [-0.4, -0.2) is 16.3 Å². The smallest absolute Gasteiger partial charge is 0.170 e. The minimum Gasteiger partial charge on any atom is -0.384 e. The van der Waals surface area contributed by atoms with Crippen LogP contribution >= 0.6 is 27.5 Å². The molecule has 0 aliphatic heterocycles. The maximum absolute atomic E-state index is 9.56. The van der Waals surface area contributed by atoms with E-state index in [2.05, 4.69) is 15.9 Å². The lowest BCUT2D eigenvalue weighted by molar-refractivity contribution is 0.0524. The van der Waals surface area contributed by atoms with E-state index in [0.717, 1.165) is 0 Å². The highest BCUT2D eigenvalue weighted by Gasteiger charge is 2.22. The van der Waals surface area contributed by atoms with Crippen molar-refractivity contribution in [2.24, 2.45) is 0 Å². The lowest BCUT2D eigenvalue weighted by Gasteiger charge is -2.15. The maximum atomic E-state index is 9.56. The second-order valence-corrected chi connectivity index (χ2v) is 3.92. The van der Waals surface area contributed by atoms with E-state index in [1.165, 1.54) is 0 Å². The Labute approximate surface area is 94.7 Å². The minimum atomic E-state index is -1.48. The average Bonchev–Trinajstić information content (AvgIpc) is 2.16. The molecule has 1 rings (SSSR count). The lowest BCUT2D eigenvalue weighted by atomic mass is 10.1. The Balaban J connectivity index is 3.13. The minimum absolute atomic E-state index is 0.307. The lowest BCUT2D eigenvalue weighted by Crippen LogP contribution is -2.16. The molecule has 0 radical (unpaired) electrons. The van der Waals surface area contributed by atoms with E-state index in [0.29, 0.717) is 15.1 Å². The zero-order chi connectivity index (χ0) is 10.7. The molecule has 1 aromatic rings. The molecule has 14 heavy (non-hydrogen) atoms. The molecule has 0 aromatic heterocycles. The number of aliphatic hydroxyl groups is 2. The molecule has 2 N–H and O–H groups in total. The Morgan fingerprint density at radius 1 is 1.43 bits per heavy atom. The van der Waals surface area contributed by atoms with Crippen molar-refractivity contribution in [3.05, 3.63) is 33.3 Å². The van der Waals surface area contributed by atoms with Gasteiger partial charge in [-0.3, -0.25) is 0 Å². The second-order valence-electron chi connectivity index (χ2n) is 2.65. The summed E-state index contributed by atoms with van der Waals surface area (Å²) in [6.45, 7) is 0. The van der Waals surface area contributed by atoms with Crippen LogP contribution in [0.25, 0.3) is 0 Å². The van der Waals surface area contributed by atoms with E-state index in [1.54, 1.807) is 24.3 Å². The van der Waals surface area contributed by atoms with E-state index in [9.17, 15) is 5.11 Å². The molecular weight excluding hydrogens is 269 g/mol. The van der Waals surface area contributed by atoms with Crippen LogP contribution in [0.5, 0.6) is 0 Å². The van der Waals surface area contributed by atoms with Gasteiger partial charge in [-0.25, -0.2) is 0 Å². The van der Waals surface area contributed by atoms with Crippen LogP contribution in [0.2, 0.25) is 5.02 Å². The van der Waals surface area contributed by atoms with Gasteiger partial charge in [-0.2, -0.15) is 5.26 Å². The topological polar surface area (TPSA) is 64.2 Å². The third-order valence-electron chi connectivity index (χ3n) is 1.73. The van der Waals surface area contributed by atoms with Crippen molar-refractivity contribution in [3.8, 4) is 6.07 Å². The first-order valence-corrected chi connectivity index (χ1v) is 4.94. The molecule has 0 bridgehead atoms. The second kappa shape index (κ2) is 4.76. The Hall–Kier alpha value is -0.600. The zero-order valence-electron chi connectivity index (χ0n) is 6.98. The van der Waals surface area contributed by atoms with Gasteiger partial charge < -0.3 is 10.2 Å². The first kappa shape index (κ1) is 11.5. The summed E-state index contributed by atoms with van der Waals surface area (Å²) < 4.78 is 0.562. The van der Waals surface area contributed by atoms with Gasteiger partial charge in [0.15, 0.2) is 6.10 Å². The standard InChI is InChI=1S/C9H7BrClNO2/c10-5-2-1-3-6(11)8(5)9(14)7(13)4-12/h1-3,7,9,13-14H. The summed E-state index contributed by atoms with van der Waals surface area (Å²) in [5, 5.41) is 27.4. The zero-order valence-corrected chi connectivity index (χ0v) is 9.33. The average molecular weight is 277 g/mol.